The van der Waals surface area contributed by atoms with Gasteiger partial charge in [-0.2, -0.15) is 5.10 Å². The van der Waals surface area contributed by atoms with Gasteiger partial charge in [0.1, 0.15) is 0 Å². The van der Waals surface area contributed by atoms with Crippen molar-refractivity contribution in [2.75, 3.05) is 0 Å². The lowest BCUT2D eigenvalue weighted by atomic mass is 10.1. The van der Waals surface area contributed by atoms with Crippen LogP contribution in [0.4, 0.5) is 22.0 Å². The smallest absolute Gasteiger partial charge is 0.200 e. The molecule has 122 valence electrons. The van der Waals surface area contributed by atoms with Gasteiger partial charge in [-0.05, 0) is 26.0 Å². The minimum absolute atomic E-state index is 0.173. The summed E-state index contributed by atoms with van der Waals surface area (Å²) >= 11 is 0. The maximum Gasteiger partial charge on any atom is 0.200 e. The maximum absolute atomic E-state index is 13.5. The van der Waals surface area contributed by atoms with Crippen molar-refractivity contribution in [2.45, 2.75) is 20.4 Å². The zero-order valence-electron chi connectivity index (χ0n) is 12.1. The Hall–Kier alpha value is -2.51. The summed E-state index contributed by atoms with van der Waals surface area (Å²) < 4.78 is 67.6. The summed E-state index contributed by atoms with van der Waals surface area (Å²) in [6.45, 7) is 3.94. The lowest BCUT2D eigenvalue weighted by molar-refractivity contribution is 0.104. The molecule has 0 N–H and O–H groups in total. The minimum Gasteiger partial charge on any atom is -0.289 e. The van der Waals surface area contributed by atoms with Crippen LogP contribution >= 0.6 is 0 Å². The molecule has 0 unspecified atom stereocenters. The lowest BCUT2D eigenvalue weighted by Crippen LogP contribution is -2.05. The van der Waals surface area contributed by atoms with Crippen molar-refractivity contribution in [1.82, 2.24) is 9.78 Å². The van der Waals surface area contributed by atoms with Gasteiger partial charge in [0, 0.05) is 12.2 Å². The molecule has 3 nitrogen and oxygen atoms in total. The van der Waals surface area contributed by atoms with Crippen LogP contribution in [0.5, 0.6) is 0 Å². The van der Waals surface area contributed by atoms with E-state index in [2.05, 4.69) is 5.10 Å². The standard InChI is InChI=1S/C15H11F5N2O/c1-3-22-7(2)9(6-21-22)10(23)5-4-8-11(16)13(18)15(20)14(19)12(8)17/h4-6H,3H2,1-2H3/b5-4+. The van der Waals surface area contributed by atoms with E-state index < -0.39 is 40.4 Å². The normalized spacial score (nSPS) is 11.4. The van der Waals surface area contributed by atoms with Crippen molar-refractivity contribution in [3.63, 3.8) is 0 Å². The topological polar surface area (TPSA) is 34.9 Å². The van der Waals surface area contributed by atoms with Gasteiger partial charge >= 0.3 is 0 Å². The van der Waals surface area contributed by atoms with Crippen molar-refractivity contribution in [1.29, 1.82) is 0 Å². The zero-order chi connectivity index (χ0) is 17.3. The second kappa shape index (κ2) is 6.31. The monoisotopic (exact) mass is 330 g/mol. The summed E-state index contributed by atoms with van der Waals surface area (Å²) in [7, 11) is 0. The van der Waals surface area contributed by atoms with E-state index in [-0.39, 0.29) is 5.56 Å². The van der Waals surface area contributed by atoms with E-state index in [0.29, 0.717) is 18.3 Å². The molecule has 1 aromatic carbocycles. The first kappa shape index (κ1) is 16.9. The number of allylic oxidation sites excluding steroid dienone is 1. The van der Waals surface area contributed by atoms with E-state index >= 15 is 0 Å². The second-order valence-electron chi connectivity index (χ2n) is 4.64. The van der Waals surface area contributed by atoms with Crippen molar-refractivity contribution in [3.05, 3.63) is 58.2 Å². The number of halogens is 5. The SMILES string of the molecule is CCn1ncc(C(=O)/C=C/c2c(F)c(F)c(F)c(F)c2F)c1C. The van der Waals surface area contributed by atoms with Crippen molar-refractivity contribution in [3.8, 4) is 0 Å². The third kappa shape index (κ3) is 2.88. The van der Waals surface area contributed by atoms with Gasteiger partial charge in [0.2, 0.25) is 5.82 Å². The number of carbonyl (C=O) groups excluding carboxylic acids is 1. The zero-order valence-corrected chi connectivity index (χ0v) is 12.1. The summed E-state index contributed by atoms with van der Waals surface area (Å²) in [5.41, 5.74) is -0.471. The first-order chi connectivity index (χ1) is 10.8. The second-order valence-corrected chi connectivity index (χ2v) is 4.64. The highest BCUT2D eigenvalue weighted by atomic mass is 19.2. The van der Waals surface area contributed by atoms with Gasteiger partial charge in [-0.25, -0.2) is 22.0 Å². The molecule has 23 heavy (non-hydrogen) atoms. The highest BCUT2D eigenvalue weighted by molar-refractivity contribution is 6.07. The molecule has 0 amide bonds. The highest BCUT2D eigenvalue weighted by Crippen LogP contribution is 2.24. The Balaban J connectivity index is 2.41. The van der Waals surface area contributed by atoms with Crippen LogP contribution in [0.2, 0.25) is 0 Å². The number of aryl methyl sites for hydroxylation is 1. The summed E-state index contributed by atoms with van der Waals surface area (Å²) in [5.74, 6) is -11.0. The van der Waals surface area contributed by atoms with Crippen LogP contribution < -0.4 is 0 Å². The van der Waals surface area contributed by atoms with Crippen LogP contribution in [0.1, 0.15) is 28.5 Å². The van der Waals surface area contributed by atoms with Gasteiger partial charge in [0.05, 0.1) is 17.3 Å². The van der Waals surface area contributed by atoms with E-state index in [9.17, 15) is 26.7 Å². The molecule has 0 atom stereocenters. The van der Waals surface area contributed by atoms with Crippen LogP contribution in [0.25, 0.3) is 6.08 Å². The van der Waals surface area contributed by atoms with Crippen LogP contribution in [0, 0.1) is 36.0 Å². The minimum atomic E-state index is -2.25. The average molecular weight is 330 g/mol. The Morgan fingerprint density at radius 1 is 1.09 bits per heavy atom. The van der Waals surface area contributed by atoms with Gasteiger partial charge in [-0.1, -0.05) is 0 Å². The number of carbonyl (C=O) groups is 1. The van der Waals surface area contributed by atoms with Gasteiger partial charge in [-0.15, -0.1) is 0 Å². The number of aromatic nitrogens is 2. The molecule has 0 bridgehead atoms. The third-order valence-corrected chi connectivity index (χ3v) is 3.31. The summed E-state index contributed by atoms with van der Waals surface area (Å²) in [5, 5.41) is 3.93. The molecule has 8 heteroatoms. The summed E-state index contributed by atoms with van der Waals surface area (Å²) in [6, 6.07) is 0. The van der Waals surface area contributed by atoms with Crippen LogP contribution in [-0.2, 0) is 6.54 Å². The van der Waals surface area contributed by atoms with Gasteiger partial charge in [0.25, 0.3) is 0 Å². The molecule has 0 aliphatic carbocycles. The number of hydrogen-bond acceptors (Lipinski definition) is 2. The molecular weight excluding hydrogens is 319 g/mol. The number of hydrogen-bond donors (Lipinski definition) is 0. The molecule has 0 fully saturated rings. The Morgan fingerprint density at radius 3 is 2.09 bits per heavy atom. The molecule has 0 saturated heterocycles. The largest absolute Gasteiger partial charge is 0.289 e. The summed E-state index contributed by atoms with van der Waals surface area (Å²) in [4.78, 5) is 12.0. The number of nitrogens with zero attached hydrogens (tertiary/aromatic N) is 2. The van der Waals surface area contributed by atoms with E-state index in [0.717, 1.165) is 6.08 Å². The van der Waals surface area contributed by atoms with Gasteiger partial charge in [0.15, 0.2) is 29.1 Å². The number of rotatable bonds is 4. The Morgan fingerprint density at radius 2 is 1.61 bits per heavy atom. The van der Waals surface area contributed by atoms with E-state index in [1.807, 2.05) is 0 Å². The van der Waals surface area contributed by atoms with Crippen molar-refractivity contribution in [2.24, 2.45) is 0 Å². The fourth-order valence-electron chi connectivity index (χ4n) is 2.02. The molecule has 2 rings (SSSR count). The molecule has 0 saturated carbocycles. The Labute approximate surface area is 128 Å². The molecule has 0 spiro atoms. The Kier molecular flexibility index (Phi) is 4.63. The van der Waals surface area contributed by atoms with E-state index in [1.54, 1.807) is 13.8 Å². The van der Waals surface area contributed by atoms with Gasteiger partial charge in [-0.3, -0.25) is 9.48 Å². The van der Waals surface area contributed by atoms with Crippen LogP contribution in [0.3, 0.4) is 0 Å². The molecule has 0 aliphatic heterocycles. The summed E-state index contributed by atoms with van der Waals surface area (Å²) in [6.07, 6.45) is 2.56. The van der Waals surface area contributed by atoms with Crippen LogP contribution in [0.15, 0.2) is 12.3 Å². The average Bonchev–Trinajstić information content (AvgIpc) is 2.91. The number of benzene rings is 1. The predicted octanol–water partition coefficient (Wildman–Crippen LogP) is 3.80. The van der Waals surface area contributed by atoms with Gasteiger partial charge < -0.3 is 0 Å². The highest BCUT2D eigenvalue weighted by Gasteiger charge is 2.24. The Bertz CT molecular complexity index is 782. The van der Waals surface area contributed by atoms with Crippen molar-refractivity contribution >= 4 is 11.9 Å². The fraction of sp³-hybridized carbons (Fsp3) is 0.200. The van der Waals surface area contributed by atoms with Crippen molar-refractivity contribution < 1.29 is 26.7 Å². The maximum atomic E-state index is 13.5. The molecule has 0 aliphatic rings. The predicted molar refractivity (Wildman–Crippen MR) is 72.2 cm³/mol. The van der Waals surface area contributed by atoms with E-state index in [4.69, 9.17) is 0 Å². The molecule has 1 aromatic heterocycles. The first-order valence-corrected chi connectivity index (χ1v) is 6.55. The lowest BCUT2D eigenvalue weighted by Gasteiger charge is -2.04. The third-order valence-electron chi connectivity index (χ3n) is 3.31. The molecule has 2 aromatic rings. The fourth-order valence-corrected chi connectivity index (χ4v) is 2.02. The van der Waals surface area contributed by atoms with E-state index in [1.165, 1.54) is 10.9 Å². The molecular formula is C15H11F5N2O. The van der Waals surface area contributed by atoms with Crippen LogP contribution in [-0.4, -0.2) is 15.6 Å². The molecule has 0 radical (unpaired) electrons. The first-order valence-electron chi connectivity index (χ1n) is 6.55. The molecule has 1 heterocycles. The number of ketones is 1. The quantitative estimate of drug-likeness (QED) is 0.281.